The van der Waals surface area contributed by atoms with Gasteiger partial charge in [-0.1, -0.05) is 32.4 Å². The molecule has 1 heterocycles. The zero-order valence-corrected chi connectivity index (χ0v) is 13.6. The molecule has 116 valence electrons. The number of carbonyl (C=O) groups is 1. The number of aliphatic hydroxyl groups excluding tert-OH is 1. The van der Waals surface area contributed by atoms with E-state index < -0.39 is 0 Å². The fourth-order valence-electron chi connectivity index (χ4n) is 2.59. The van der Waals surface area contributed by atoms with Crippen LogP contribution in [-0.2, 0) is 5.41 Å². The van der Waals surface area contributed by atoms with Gasteiger partial charge in [0, 0.05) is 23.2 Å². The highest BCUT2D eigenvalue weighted by Gasteiger charge is 2.24. The summed E-state index contributed by atoms with van der Waals surface area (Å²) in [6.07, 6.45) is 2.35. The third-order valence-corrected chi connectivity index (χ3v) is 4.08. The molecule has 4 nitrogen and oxygen atoms in total. The van der Waals surface area contributed by atoms with Gasteiger partial charge in [-0.15, -0.1) is 0 Å². The van der Waals surface area contributed by atoms with Gasteiger partial charge in [0.15, 0.2) is 0 Å². The smallest absolute Gasteiger partial charge is 0.251 e. The van der Waals surface area contributed by atoms with Gasteiger partial charge in [-0.3, -0.25) is 4.79 Å². The predicted octanol–water partition coefficient (Wildman–Crippen LogP) is 2.92. The van der Waals surface area contributed by atoms with Gasteiger partial charge in [0.1, 0.15) is 5.15 Å². The predicted molar refractivity (Wildman–Crippen MR) is 83.6 cm³/mol. The van der Waals surface area contributed by atoms with Gasteiger partial charge in [0.25, 0.3) is 5.91 Å². The Kier molecular flexibility index (Phi) is 4.89. The van der Waals surface area contributed by atoms with Gasteiger partial charge in [-0.2, -0.15) is 0 Å². The number of hydrogen-bond donors (Lipinski definition) is 2. The first-order chi connectivity index (χ1) is 9.75. The fraction of sp³-hybridized carbons (Fsp3) is 0.625. The van der Waals surface area contributed by atoms with Crippen LogP contribution in [0.25, 0.3) is 0 Å². The van der Waals surface area contributed by atoms with Crippen molar-refractivity contribution in [2.24, 2.45) is 5.92 Å². The van der Waals surface area contributed by atoms with Gasteiger partial charge in [-0.05, 0) is 37.3 Å². The molecule has 2 N–H and O–H groups in total. The van der Waals surface area contributed by atoms with Crippen molar-refractivity contribution in [1.29, 1.82) is 0 Å². The number of nitrogens with one attached hydrogen (secondary N) is 1. The number of aromatic nitrogens is 1. The monoisotopic (exact) mass is 310 g/mol. The van der Waals surface area contributed by atoms with Crippen molar-refractivity contribution in [3.05, 3.63) is 28.5 Å². The van der Waals surface area contributed by atoms with E-state index in [1.807, 2.05) is 20.8 Å². The summed E-state index contributed by atoms with van der Waals surface area (Å²) in [7, 11) is 0. The molecule has 2 unspecified atom stereocenters. The Bertz CT molecular complexity index is 525. The number of nitrogens with zero attached hydrogens (tertiary/aromatic N) is 1. The summed E-state index contributed by atoms with van der Waals surface area (Å²) in [6.45, 7) is 6.70. The maximum absolute atomic E-state index is 12.3. The molecule has 1 aromatic rings. The lowest BCUT2D eigenvalue weighted by Gasteiger charge is -2.19. The van der Waals surface area contributed by atoms with Crippen LogP contribution >= 0.6 is 11.6 Å². The topological polar surface area (TPSA) is 62.2 Å². The van der Waals surface area contributed by atoms with Crippen LogP contribution < -0.4 is 5.32 Å². The first-order valence-electron chi connectivity index (χ1n) is 7.40. The van der Waals surface area contributed by atoms with E-state index >= 15 is 0 Å². The molecule has 0 aromatic carbocycles. The number of pyridine rings is 1. The van der Waals surface area contributed by atoms with E-state index in [4.69, 9.17) is 11.6 Å². The molecule has 5 heteroatoms. The Balaban J connectivity index is 2.03. The van der Waals surface area contributed by atoms with Gasteiger partial charge in [-0.25, -0.2) is 4.98 Å². The summed E-state index contributed by atoms with van der Waals surface area (Å²) in [5.74, 6) is 0.231. The molecule has 2 rings (SSSR count). The number of aliphatic hydroxyl groups is 1. The van der Waals surface area contributed by atoms with Crippen LogP contribution in [0, 0.1) is 5.92 Å². The van der Waals surface area contributed by atoms with Crippen LogP contribution in [0.3, 0.4) is 0 Å². The van der Waals surface area contributed by atoms with E-state index in [0.717, 1.165) is 25.0 Å². The summed E-state index contributed by atoms with van der Waals surface area (Å²) < 4.78 is 0. The Hall–Kier alpha value is -1.13. The average molecular weight is 311 g/mol. The van der Waals surface area contributed by atoms with Crippen molar-refractivity contribution in [3.63, 3.8) is 0 Å². The zero-order valence-electron chi connectivity index (χ0n) is 12.8. The van der Waals surface area contributed by atoms with Crippen molar-refractivity contribution in [2.75, 3.05) is 6.54 Å². The molecular weight excluding hydrogens is 288 g/mol. The maximum atomic E-state index is 12.3. The van der Waals surface area contributed by atoms with E-state index in [-0.39, 0.29) is 17.4 Å². The molecule has 0 spiro atoms. The lowest BCUT2D eigenvalue weighted by Crippen LogP contribution is -2.29. The first kappa shape index (κ1) is 16.2. The lowest BCUT2D eigenvalue weighted by molar-refractivity contribution is 0.0945. The quantitative estimate of drug-likeness (QED) is 0.844. The number of amides is 1. The minimum absolute atomic E-state index is 0.133. The van der Waals surface area contributed by atoms with Crippen molar-refractivity contribution in [3.8, 4) is 0 Å². The summed E-state index contributed by atoms with van der Waals surface area (Å²) in [4.78, 5) is 16.5. The third kappa shape index (κ3) is 4.42. The molecular formula is C16H23ClN2O2. The second-order valence-corrected chi connectivity index (χ2v) is 7.24. The van der Waals surface area contributed by atoms with Gasteiger partial charge in [0.05, 0.1) is 6.10 Å². The van der Waals surface area contributed by atoms with E-state index in [0.29, 0.717) is 23.2 Å². The minimum Gasteiger partial charge on any atom is -0.393 e. The van der Waals surface area contributed by atoms with E-state index in [1.54, 1.807) is 12.1 Å². The molecule has 0 aliphatic heterocycles. The fourth-order valence-corrected chi connectivity index (χ4v) is 2.79. The largest absolute Gasteiger partial charge is 0.393 e. The van der Waals surface area contributed by atoms with Crippen LogP contribution in [0.5, 0.6) is 0 Å². The SMILES string of the molecule is CC(C)(C)c1cc(C(=O)NCC2CCC(O)C2)cc(Cl)n1. The molecule has 1 saturated carbocycles. The third-order valence-electron chi connectivity index (χ3n) is 3.89. The van der Waals surface area contributed by atoms with Crippen LogP contribution in [0.2, 0.25) is 5.15 Å². The molecule has 1 aliphatic carbocycles. The minimum atomic E-state index is -0.213. The number of carbonyl (C=O) groups excluding carboxylic acids is 1. The molecule has 0 bridgehead atoms. The average Bonchev–Trinajstić information content (AvgIpc) is 2.80. The zero-order chi connectivity index (χ0) is 15.6. The van der Waals surface area contributed by atoms with Gasteiger partial charge >= 0.3 is 0 Å². The van der Waals surface area contributed by atoms with Crippen LogP contribution in [0.15, 0.2) is 12.1 Å². The van der Waals surface area contributed by atoms with E-state index in [2.05, 4.69) is 10.3 Å². The molecule has 1 fully saturated rings. The van der Waals surface area contributed by atoms with Gasteiger partial charge in [0.2, 0.25) is 0 Å². The highest BCUT2D eigenvalue weighted by atomic mass is 35.5. The Labute approximate surface area is 130 Å². The second-order valence-electron chi connectivity index (χ2n) is 6.86. The second kappa shape index (κ2) is 6.32. The first-order valence-corrected chi connectivity index (χ1v) is 7.78. The number of rotatable bonds is 3. The van der Waals surface area contributed by atoms with Crippen LogP contribution in [0.1, 0.15) is 56.1 Å². The lowest BCUT2D eigenvalue weighted by atomic mass is 9.91. The van der Waals surface area contributed by atoms with Crippen LogP contribution in [0.4, 0.5) is 0 Å². The molecule has 0 saturated heterocycles. The number of hydrogen-bond acceptors (Lipinski definition) is 3. The Morgan fingerprint density at radius 2 is 2.14 bits per heavy atom. The molecule has 0 radical (unpaired) electrons. The van der Waals surface area contributed by atoms with E-state index in [1.165, 1.54) is 0 Å². The Morgan fingerprint density at radius 3 is 2.71 bits per heavy atom. The maximum Gasteiger partial charge on any atom is 0.251 e. The van der Waals surface area contributed by atoms with Crippen LogP contribution in [-0.4, -0.2) is 28.6 Å². The molecule has 1 aromatic heterocycles. The molecule has 2 atom stereocenters. The number of halogens is 1. The summed E-state index contributed by atoms with van der Waals surface area (Å²) in [5, 5.41) is 12.8. The van der Waals surface area contributed by atoms with E-state index in [9.17, 15) is 9.90 Å². The van der Waals surface area contributed by atoms with Crippen molar-refractivity contribution >= 4 is 17.5 Å². The summed E-state index contributed by atoms with van der Waals surface area (Å²) in [5.41, 5.74) is 1.19. The molecule has 21 heavy (non-hydrogen) atoms. The highest BCUT2D eigenvalue weighted by molar-refractivity contribution is 6.29. The summed E-state index contributed by atoms with van der Waals surface area (Å²) in [6, 6.07) is 3.39. The highest BCUT2D eigenvalue weighted by Crippen LogP contribution is 2.25. The Morgan fingerprint density at radius 1 is 1.43 bits per heavy atom. The standard InChI is InChI=1S/C16H23ClN2O2/c1-16(2,3)13-7-11(8-14(17)19-13)15(21)18-9-10-4-5-12(20)6-10/h7-8,10,12,20H,4-6,9H2,1-3H3,(H,18,21). The van der Waals surface area contributed by atoms with Crippen molar-refractivity contribution < 1.29 is 9.90 Å². The van der Waals surface area contributed by atoms with Crippen molar-refractivity contribution in [1.82, 2.24) is 10.3 Å². The van der Waals surface area contributed by atoms with Gasteiger partial charge < -0.3 is 10.4 Å². The van der Waals surface area contributed by atoms with Crippen molar-refractivity contribution in [2.45, 2.75) is 51.6 Å². The molecule has 1 amide bonds. The summed E-state index contributed by atoms with van der Waals surface area (Å²) >= 11 is 6.02. The molecule has 1 aliphatic rings. The normalized spacial score (nSPS) is 22.3.